The number of hydrogen-bond acceptors (Lipinski definition) is 5. The lowest BCUT2D eigenvalue weighted by Gasteiger charge is -2.13. The van der Waals surface area contributed by atoms with Crippen LogP contribution in [0.15, 0.2) is 36.8 Å². The number of carbonyl (C=O) groups is 1. The lowest BCUT2D eigenvalue weighted by atomic mass is 10.1. The number of rotatable bonds is 2. The first-order chi connectivity index (χ1) is 13.1. The summed E-state index contributed by atoms with van der Waals surface area (Å²) in [4.78, 5) is 26.7. The summed E-state index contributed by atoms with van der Waals surface area (Å²) in [6, 6.07) is 7.53. The average molecular weight is 357 g/mol. The van der Waals surface area contributed by atoms with Crippen molar-refractivity contribution >= 4 is 33.5 Å². The molecule has 1 aliphatic rings. The fraction of sp³-hybridized carbons (Fsp3) is 0.211. The molecule has 1 N–H and O–H groups in total. The van der Waals surface area contributed by atoms with E-state index in [1.165, 1.54) is 0 Å². The molecule has 1 aromatic carbocycles. The van der Waals surface area contributed by atoms with Crippen LogP contribution in [0.1, 0.15) is 23.7 Å². The van der Waals surface area contributed by atoms with E-state index in [-0.39, 0.29) is 11.8 Å². The van der Waals surface area contributed by atoms with Crippen molar-refractivity contribution in [3.63, 3.8) is 0 Å². The Morgan fingerprint density at radius 1 is 1.33 bits per heavy atom. The number of nitrogens with zero attached hydrogens (tertiary/aromatic N) is 6. The molecule has 1 atom stereocenters. The molecule has 0 spiro atoms. The molecule has 0 radical (unpaired) electrons. The molecule has 4 heterocycles. The van der Waals surface area contributed by atoms with Gasteiger partial charge >= 0.3 is 0 Å². The van der Waals surface area contributed by atoms with Gasteiger partial charge in [0, 0.05) is 37.5 Å². The molecule has 0 aliphatic carbocycles. The molecule has 0 saturated carbocycles. The summed E-state index contributed by atoms with van der Waals surface area (Å²) in [6.07, 6.45) is 5.67. The van der Waals surface area contributed by atoms with Crippen molar-refractivity contribution in [1.82, 2.24) is 24.7 Å². The molecular weight excluding hydrogens is 342 g/mol. The Kier molecular flexibility index (Phi) is 3.24. The number of nitriles is 1. The second-order valence-electron chi connectivity index (χ2n) is 6.76. The number of amides is 1. The first-order valence-corrected chi connectivity index (χ1v) is 8.60. The summed E-state index contributed by atoms with van der Waals surface area (Å²) < 4.78 is 1.68. The molecule has 1 aliphatic heterocycles. The maximum absolute atomic E-state index is 12.5. The molecule has 8 heteroatoms. The van der Waals surface area contributed by atoms with Crippen LogP contribution in [0, 0.1) is 11.3 Å². The molecule has 1 saturated heterocycles. The van der Waals surface area contributed by atoms with Crippen LogP contribution >= 0.6 is 0 Å². The maximum atomic E-state index is 12.5. The van der Waals surface area contributed by atoms with Crippen LogP contribution in [-0.2, 0) is 11.8 Å². The minimum atomic E-state index is -0.0284. The van der Waals surface area contributed by atoms with E-state index in [4.69, 9.17) is 10.2 Å². The number of benzene rings is 1. The maximum Gasteiger partial charge on any atom is 0.227 e. The van der Waals surface area contributed by atoms with E-state index in [9.17, 15) is 4.79 Å². The molecule has 1 fully saturated rings. The molecule has 8 nitrogen and oxygen atoms in total. The minimum Gasteiger partial charge on any atom is -0.340 e. The smallest absolute Gasteiger partial charge is 0.227 e. The Morgan fingerprint density at radius 3 is 3.00 bits per heavy atom. The van der Waals surface area contributed by atoms with Gasteiger partial charge in [-0.25, -0.2) is 4.98 Å². The van der Waals surface area contributed by atoms with Crippen LogP contribution in [0.2, 0.25) is 0 Å². The molecule has 132 valence electrons. The van der Waals surface area contributed by atoms with Gasteiger partial charge in [0.1, 0.15) is 5.82 Å². The largest absolute Gasteiger partial charge is 0.340 e. The summed E-state index contributed by atoms with van der Waals surface area (Å²) in [5.74, 6) is 0.795. The summed E-state index contributed by atoms with van der Waals surface area (Å²) in [6.45, 7) is 0.555. The van der Waals surface area contributed by atoms with Crippen molar-refractivity contribution in [2.75, 3.05) is 11.4 Å². The monoisotopic (exact) mass is 357 g/mol. The second-order valence-corrected chi connectivity index (χ2v) is 6.76. The molecule has 4 aromatic rings. The molecule has 3 aromatic heterocycles. The minimum absolute atomic E-state index is 0.0284. The van der Waals surface area contributed by atoms with E-state index in [0.717, 1.165) is 33.4 Å². The molecule has 5 rings (SSSR count). The zero-order chi connectivity index (χ0) is 18.5. The number of aromatic nitrogens is 5. The third kappa shape index (κ3) is 2.44. The summed E-state index contributed by atoms with van der Waals surface area (Å²) in [7, 11) is 1.83. The predicted molar refractivity (Wildman–Crippen MR) is 99.0 cm³/mol. The lowest BCUT2D eigenvalue weighted by molar-refractivity contribution is -0.117. The normalized spacial score (nSPS) is 17.1. The van der Waals surface area contributed by atoms with Gasteiger partial charge in [0.15, 0.2) is 0 Å². The van der Waals surface area contributed by atoms with Crippen LogP contribution < -0.4 is 4.90 Å². The van der Waals surface area contributed by atoms with Crippen LogP contribution in [-0.4, -0.2) is 37.2 Å². The number of aromatic amines is 1. The fourth-order valence-electron chi connectivity index (χ4n) is 3.63. The van der Waals surface area contributed by atoms with Crippen molar-refractivity contribution in [3.8, 4) is 6.07 Å². The Labute approximate surface area is 154 Å². The summed E-state index contributed by atoms with van der Waals surface area (Å²) in [5.41, 5.74) is 3.74. The van der Waals surface area contributed by atoms with Gasteiger partial charge in [-0.05, 0) is 18.2 Å². The van der Waals surface area contributed by atoms with Gasteiger partial charge < -0.3 is 9.88 Å². The first kappa shape index (κ1) is 15.5. The Hall–Kier alpha value is -3.73. The Morgan fingerprint density at radius 2 is 2.22 bits per heavy atom. The zero-order valence-electron chi connectivity index (χ0n) is 14.5. The first-order valence-electron chi connectivity index (χ1n) is 8.60. The third-order valence-corrected chi connectivity index (χ3v) is 4.98. The summed E-state index contributed by atoms with van der Waals surface area (Å²) >= 11 is 0. The van der Waals surface area contributed by atoms with Gasteiger partial charge in [-0.1, -0.05) is 0 Å². The average Bonchev–Trinajstić information content (AvgIpc) is 3.38. The number of aryl methyl sites for hydroxylation is 1. The number of hydrogen-bond donors (Lipinski definition) is 1. The zero-order valence-corrected chi connectivity index (χ0v) is 14.5. The van der Waals surface area contributed by atoms with E-state index in [0.29, 0.717) is 18.5 Å². The van der Waals surface area contributed by atoms with Gasteiger partial charge in [0.25, 0.3) is 0 Å². The van der Waals surface area contributed by atoms with E-state index < -0.39 is 0 Å². The lowest BCUT2D eigenvalue weighted by Crippen LogP contribution is -2.23. The van der Waals surface area contributed by atoms with Crippen LogP contribution in [0.3, 0.4) is 0 Å². The van der Waals surface area contributed by atoms with Gasteiger partial charge in [-0.2, -0.15) is 10.4 Å². The summed E-state index contributed by atoms with van der Waals surface area (Å²) in [5, 5.41) is 14.1. The van der Waals surface area contributed by atoms with Gasteiger partial charge in [0.2, 0.25) is 5.91 Å². The number of nitrogens with one attached hydrogen (secondary N) is 1. The number of carbonyl (C=O) groups excluding carboxylic acids is 1. The van der Waals surface area contributed by atoms with Crippen LogP contribution in [0.25, 0.3) is 21.9 Å². The molecular formula is C19H15N7O. The van der Waals surface area contributed by atoms with Gasteiger partial charge in [-0.15, -0.1) is 0 Å². The number of fused-ring (bicyclic) bond motifs is 3. The standard InChI is InChI=1S/C19H15N7O/c1-25-10-13(7-22-25)26-9-12(5-17(26)27)19-23-16-8-21-15-3-2-11(6-20)4-14(15)18(16)24-19/h2-4,7-8,10,12H,5,9H2,1H3,(H,23,24)/t12-/m0/s1. The highest BCUT2D eigenvalue weighted by Gasteiger charge is 2.34. The van der Waals surface area contributed by atoms with Crippen LogP contribution in [0.5, 0.6) is 0 Å². The highest BCUT2D eigenvalue weighted by molar-refractivity contribution is 6.02. The molecule has 1 amide bonds. The fourth-order valence-corrected chi connectivity index (χ4v) is 3.63. The number of anilines is 1. The van der Waals surface area contributed by atoms with E-state index in [2.05, 4.69) is 21.1 Å². The SMILES string of the molecule is Cn1cc(N2C[C@@H](c3nc4c(cnc5ccc(C#N)cc54)[nH]3)CC2=O)cn1. The van der Waals surface area contributed by atoms with Gasteiger partial charge in [-0.3, -0.25) is 14.5 Å². The van der Waals surface area contributed by atoms with Crippen LogP contribution in [0.4, 0.5) is 5.69 Å². The number of imidazole rings is 1. The van der Waals surface area contributed by atoms with Crippen molar-refractivity contribution in [3.05, 3.63) is 48.2 Å². The van der Waals surface area contributed by atoms with E-state index >= 15 is 0 Å². The Bertz CT molecular complexity index is 1250. The highest BCUT2D eigenvalue weighted by atomic mass is 16.2. The van der Waals surface area contributed by atoms with Crippen molar-refractivity contribution < 1.29 is 4.79 Å². The molecule has 27 heavy (non-hydrogen) atoms. The Balaban J connectivity index is 1.55. The predicted octanol–water partition coefficient (Wildman–Crippen LogP) is 2.24. The van der Waals surface area contributed by atoms with E-state index in [1.807, 2.05) is 19.3 Å². The third-order valence-electron chi connectivity index (χ3n) is 4.98. The van der Waals surface area contributed by atoms with Crippen molar-refractivity contribution in [2.24, 2.45) is 7.05 Å². The molecule has 0 unspecified atom stereocenters. The quantitative estimate of drug-likeness (QED) is 0.592. The number of H-pyrrole nitrogens is 1. The van der Waals surface area contributed by atoms with Crippen molar-refractivity contribution in [2.45, 2.75) is 12.3 Å². The van der Waals surface area contributed by atoms with Gasteiger partial charge in [0.05, 0.1) is 46.3 Å². The van der Waals surface area contributed by atoms with E-state index in [1.54, 1.807) is 34.1 Å². The molecule has 0 bridgehead atoms. The highest BCUT2D eigenvalue weighted by Crippen LogP contribution is 2.32. The van der Waals surface area contributed by atoms with Crippen molar-refractivity contribution in [1.29, 1.82) is 5.26 Å². The number of pyridine rings is 1. The topological polar surface area (TPSA) is 103 Å². The second kappa shape index (κ2) is 5.64.